The zero-order chi connectivity index (χ0) is 12.1. The van der Waals surface area contributed by atoms with Gasteiger partial charge in [-0.15, -0.1) is 0 Å². The minimum atomic E-state index is -0.178. The van der Waals surface area contributed by atoms with Gasteiger partial charge in [-0.1, -0.05) is 12.1 Å². The third-order valence-electron chi connectivity index (χ3n) is 3.44. The van der Waals surface area contributed by atoms with Gasteiger partial charge in [0.05, 0.1) is 6.61 Å². The molecule has 0 amide bonds. The van der Waals surface area contributed by atoms with Crippen molar-refractivity contribution < 1.29 is 9.13 Å². The summed E-state index contributed by atoms with van der Waals surface area (Å²) in [6.45, 7) is 4.75. The molecule has 0 unspecified atom stereocenters. The molecular formula is C14H20FNO. The third-order valence-corrected chi connectivity index (χ3v) is 3.44. The fraction of sp³-hybridized carbons (Fsp3) is 0.571. The first-order valence-corrected chi connectivity index (χ1v) is 6.31. The van der Waals surface area contributed by atoms with Crippen molar-refractivity contribution in [3.05, 3.63) is 35.6 Å². The van der Waals surface area contributed by atoms with E-state index >= 15 is 0 Å². The second-order valence-electron chi connectivity index (χ2n) is 4.77. The van der Waals surface area contributed by atoms with Gasteiger partial charge in [-0.2, -0.15) is 0 Å². The minimum Gasteiger partial charge on any atom is -0.381 e. The molecule has 2 rings (SSSR count). The average molecular weight is 237 g/mol. The summed E-state index contributed by atoms with van der Waals surface area (Å²) < 4.78 is 18.2. The van der Waals surface area contributed by atoms with Crippen LogP contribution in [0.15, 0.2) is 24.3 Å². The molecule has 1 N–H and O–H groups in total. The van der Waals surface area contributed by atoms with Gasteiger partial charge in [-0.05, 0) is 43.4 Å². The minimum absolute atomic E-state index is 0.178. The first kappa shape index (κ1) is 12.5. The predicted molar refractivity (Wildman–Crippen MR) is 66.2 cm³/mol. The standard InChI is InChI=1S/C14H20FNO/c1-11(13-3-2-8-17-10-13)16-9-12-4-6-14(15)7-5-12/h4-7,11,13,16H,2-3,8-10H2,1H3/t11-,13+/m0/s1. The Hall–Kier alpha value is -0.930. The molecule has 1 heterocycles. The molecule has 2 nitrogen and oxygen atoms in total. The fourth-order valence-corrected chi connectivity index (χ4v) is 2.21. The molecule has 0 spiro atoms. The number of hydrogen-bond donors (Lipinski definition) is 1. The fourth-order valence-electron chi connectivity index (χ4n) is 2.21. The van der Waals surface area contributed by atoms with Gasteiger partial charge < -0.3 is 10.1 Å². The highest BCUT2D eigenvalue weighted by Crippen LogP contribution is 2.17. The maximum Gasteiger partial charge on any atom is 0.123 e. The number of hydrogen-bond acceptors (Lipinski definition) is 2. The summed E-state index contributed by atoms with van der Waals surface area (Å²) in [5.74, 6) is 0.423. The van der Waals surface area contributed by atoms with Gasteiger partial charge in [0.1, 0.15) is 5.82 Å². The lowest BCUT2D eigenvalue weighted by Crippen LogP contribution is -2.37. The Morgan fingerprint density at radius 3 is 2.82 bits per heavy atom. The number of nitrogens with one attached hydrogen (secondary N) is 1. The molecule has 94 valence electrons. The quantitative estimate of drug-likeness (QED) is 0.869. The molecular weight excluding hydrogens is 217 g/mol. The van der Waals surface area contributed by atoms with E-state index in [-0.39, 0.29) is 5.82 Å². The average Bonchev–Trinajstić information content (AvgIpc) is 2.39. The molecule has 0 aromatic heterocycles. The molecule has 1 aromatic carbocycles. The predicted octanol–water partition coefficient (Wildman–Crippen LogP) is 2.73. The molecule has 3 heteroatoms. The Morgan fingerprint density at radius 1 is 1.41 bits per heavy atom. The molecule has 1 aliphatic rings. The lowest BCUT2D eigenvalue weighted by molar-refractivity contribution is 0.0417. The van der Waals surface area contributed by atoms with Crippen LogP contribution in [0.2, 0.25) is 0 Å². The summed E-state index contributed by atoms with van der Waals surface area (Å²) in [5, 5.41) is 3.49. The summed E-state index contributed by atoms with van der Waals surface area (Å²) in [6.07, 6.45) is 2.39. The van der Waals surface area contributed by atoms with Gasteiger partial charge >= 0.3 is 0 Å². The van der Waals surface area contributed by atoms with Crippen LogP contribution in [0.5, 0.6) is 0 Å². The van der Waals surface area contributed by atoms with E-state index in [1.807, 2.05) is 12.1 Å². The highest BCUT2D eigenvalue weighted by atomic mass is 19.1. The van der Waals surface area contributed by atoms with Crippen molar-refractivity contribution in [2.45, 2.75) is 32.4 Å². The molecule has 1 saturated heterocycles. The molecule has 0 radical (unpaired) electrons. The molecule has 0 aliphatic carbocycles. The summed E-state index contributed by atoms with van der Waals surface area (Å²) in [5.41, 5.74) is 1.12. The summed E-state index contributed by atoms with van der Waals surface area (Å²) in [6, 6.07) is 7.11. The first-order chi connectivity index (χ1) is 8.25. The monoisotopic (exact) mass is 237 g/mol. The normalized spacial score (nSPS) is 22.4. The lowest BCUT2D eigenvalue weighted by Gasteiger charge is -2.28. The van der Waals surface area contributed by atoms with E-state index < -0.39 is 0 Å². The van der Waals surface area contributed by atoms with Gasteiger partial charge in [0.2, 0.25) is 0 Å². The molecule has 2 atom stereocenters. The second-order valence-corrected chi connectivity index (χ2v) is 4.77. The zero-order valence-corrected chi connectivity index (χ0v) is 10.3. The van der Waals surface area contributed by atoms with E-state index in [0.29, 0.717) is 12.0 Å². The van der Waals surface area contributed by atoms with E-state index in [2.05, 4.69) is 12.2 Å². The summed E-state index contributed by atoms with van der Waals surface area (Å²) >= 11 is 0. The molecule has 0 bridgehead atoms. The molecule has 1 aliphatic heterocycles. The van der Waals surface area contributed by atoms with Crippen LogP contribution >= 0.6 is 0 Å². The summed E-state index contributed by atoms with van der Waals surface area (Å²) in [7, 11) is 0. The molecule has 1 aromatic rings. The topological polar surface area (TPSA) is 21.3 Å². The lowest BCUT2D eigenvalue weighted by atomic mass is 9.95. The van der Waals surface area contributed by atoms with Crippen LogP contribution in [0.3, 0.4) is 0 Å². The Morgan fingerprint density at radius 2 is 2.18 bits per heavy atom. The van der Waals surface area contributed by atoms with Crippen LogP contribution < -0.4 is 5.32 Å². The van der Waals surface area contributed by atoms with E-state index in [4.69, 9.17) is 4.74 Å². The Labute approximate surface area is 102 Å². The molecule has 17 heavy (non-hydrogen) atoms. The van der Waals surface area contributed by atoms with Crippen LogP contribution in [0, 0.1) is 11.7 Å². The van der Waals surface area contributed by atoms with Crippen LogP contribution in [-0.2, 0) is 11.3 Å². The SMILES string of the molecule is C[C@H](NCc1ccc(F)cc1)[C@@H]1CCCOC1. The maximum atomic E-state index is 12.7. The number of halogens is 1. The van der Waals surface area contributed by atoms with Gasteiger partial charge in [0.15, 0.2) is 0 Å². The Bertz CT molecular complexity index is 333. The van der Waals surface area contributed by atoms with Crippen molar-refractivity contribution in [3.63, 3.8) is 0 Å². The first-order valence-electron chi connectivity index (χ1n) is 6.31. The van der Waals surface area contributed by atoms with Gasteiger partial charge in [0.25, 0.3) is 0 Å². The van der Waals surface area contributed by atoms with E-state index in [1.54, 1.807) is 0 Å². The number of benzene rings is 1. The van der Waals surface area contributed by atoms with Crippen molar-refractivity contribution >= 4 is 0 Å². The molecule has 0 saturated carbocycles. The Kier molecular flexibility index (Phi) is 4.51. The van der Waals surface area contributed by atoms with E-state index in [9.17, 15) is 4.39 Å². The van der Waals surface area contributed by atoms with Gasteiger partial charge in [-0.25, -0.2) is 4.39 Å². The summed E-state index contributed by atoms with van der Waals surface area (Å²) in [4.78, 5) is 0. The molecule has 1 fully saturated rings. The highest BCUT2D eigenvalue weighted by molar-refractivity contribution is 5.15. The van der Waals surface area contributed by atoms with Crippen LogP contribution in [-0.4, -0.2) is 19.3 Å². The van der Waals surface area contributed by atoms with E-state index in [0.717, 1.165) is 31.7 Å². The van der Waals surface area contributed by atoms with Gasteiger partial charge in [-0.3, -0.25) is 0 Å². The highest BCUT2D eigenvalue weighted by Gasteiger charge is 2.19. The van der Waals surface area contributed by atoms with Crippen molar-refractivity contribution in [2.24, 2.45) is 5.92 Å². The van der Waals surface area contributed by atoms with Crippen molar-refractivity contribution in [3.8, 4) is 0 Å². The van der Waals surface area contributed by atoms with E-state index in [1.165, 1.54) is 18.6 Å². The maximum absolute atomic E-state index is 12.7. The van der Waals surface area contributed by atoms with Crippen LogP contribution in [0.1, 0.15) is 25.3 Å². The van der Waals surface area contributed by atoms with Crippen molar-refractivity contribution in [1.82, 2.24) is 5.32 Å². The third kappa shape index (κ3) is 3.79. The largest absolute Gasteiger partial charge is 0.381 e. The van der Waals surface area contributed by atoms with Crippen LogP contribution in [0.25, 0.3) is 0 Å². The van der Waals surface area contributed by atoms with Crippen molar-refractivity contribution in [1.29, 1.82) is 0 Å². The smallest absolute Gasteiger partial charge is 0.123 e. The zero-order valence-electron chi connectivity index (χ0n) is 10.3. The van der Waals surface area contributed by atoms with Crippen molar-refractivity contribution in [2.75, 3.05) is 13.2 Å². The second kappa shape index (κ2) is 6.12. The van der Waals surface area contributed by atoms with Crippen LogP contribution in [0.4, 0.5) is 4.39 Å². The number of ether oxygens (including phenoxy) is 1. The Balaban J connectivity index is 1.78. The van der Waals surface area contributed by atoms with Gasteiger partial charge in [0, 0.05) is 19.2 Å². The number of rotatable bonds is 4.